The van der Waals surface area contributed by atoms with Gasteiger partial charge in [-0.1, -0.05) is 26.8 Å². The molecule has 1 saturated heterocycles. The van der Waals surface area contributed by atoms with Crippen molar-refractivity contribution in [3.05, 3.63) is 35.8 Å². The van der Waals surface area contributed by atoms with Crippen molar-refractivity contribution in [3.8, 4) is 0 Å². The lowest BCUT2D eigenvalue weighted by atomic mass is 9.94. The number of fused-ring (bicyclic) bond motifs is 1. The van der Waals surface area contributed by atoms with Crippen LogP contribution in [0.5, 0.6) is 0 Å². The largest absolute Gasteiger partial charge is 0.349 e. The second-order valence-electron chi connectivity index (χ2n) is 7.39. The van der Waals surface area contributed by atoms with Crippen molar-refractivity contribution >= 4 is 29.2 Å². The fourth-order valence-corrected chi connectivity index (χ4v) is 4.02. The number of hydrogen-bond acceptors (Lipinski definition) is 4. The zero-order valence-corrected chi connectivity index (χ0v) is 15.9. The van der Waals surface area contributed by atoms with Gasteiger partial charge in [-0.25, -0.2) is 4.98 Å². The molecule has 0 bridgehead atoms. The SMILES string of the molecule is Cc1cccc2nc(CNC(=O)C3CSCN3C(=O)C(C)(C)C)cn12. The van der Waals surface area contributed by atoms with Gasteiger partial charge in [0, 0.05) is 23.1 Å². The molecule has 1 aliphatic heterocycles. The van der Waals surface area contributed by atoms with E-state index in [0.717, 1.165) is 17.0 Å². The molecule has 6 nitrogen and oxygen atoms in total. The van der Waals surface area contributed by atoms with Gasteiger partial charge >= 0.3 is 0 Å². The van der Waals surface area contributed by atoms with E-state index in [1.807, 2.05) is 56.5 Å². The molecule has 0 aliphatic carbocycles. The minimum Gasteiger partial charge on any atom is -0.349 e. The first-order valence-corrected chi connectivity index (χ1v) is 9.53. The molecule has 1 aliphatic rings. The van der Waals surface area contributed by atoms with Gasteiger partial charge in [0.05, 0.1) is 18.1 Å². The highest BCUT2D eigenvalue weighted by Gasteiger charge is 2.38. The number of carbonyl (C=O) groups is 2. The first-order chi connectivity index (χ1) is 11.8. The second kappa shape index (κ2) is 6.71. The summed E-state index contributed by atoms with van der Waals surface area (Å²) >= 11 is 1.62. The Morgan fingerprint density at radius 2 is 2.12 bits per heavy atom. The van der Waals surface area contributed by atoms with E-state index in [1.54, 1.807) is 16.7 Å². The first kappa shape index (κ1) is 17.8. The molecule has 2 aromatic heterocycles. The number of aromatic nitrogens is 2. The molecule has 1 fully saturated rings. The van der Waals surface area contributed by atoms with E-state index < -0.39 is 11.5 Å². The van der Waals surface area contributed by atoms with Crippen molar-refractivity contribution < 1.29 is 9.59 Å². The minimum atomic E-state index is -0.484. The van der Waals surface area contributed by atoms with Gasteiger partial charge in [0.15, 0.2) is 0 Å². The van der Waals surface area contributed by atoms with E-state index in [9.17, 15) is 9.59 Å². The van der Waals surface area contributed by atoms with Gasteiger partial charge in [-0.3, -0.25) is 9.59 Å². The molecule has 0 aromatic carbocycles. The maximum absolute atomic E-state index is 12.6. The minimum absolute atomic E-state index is 0.0148. The smallest absolute Gasteiger partial charge is 0.244 e. The molecule has 3 rings (SSSR count). The predicted octanol–water partition coefficient (Wildman–Crippen LogP) is 2.21. The molecule has 1 N–H and O–H groups in total. The van der Waals surface area contributed by atoms with Crippen LogP contribution in [0.15, 0.2) is 24.4 Å². The highest BCUT2D eigenvalue weighted by Crippen LogP contribution is 2.27. The monoisotopic (exact) mass is 360 g/mol. The van der Waals surface area contributed by atoms with Gasteiger partial charge in [-0.2, -0.15) is 0 Å². The number of amides is 2. The van der Waals surface area contributed by atoms with Crippen LogP contribution >= 0.6 is 11.8 Å². The molecule has 2 amide bonds. The van der Waals surface area contributed by atoms with E-state index >= 15 is 0 Å². The Hall–Kier alpha value is -2.02. The van der Waals surface area contributed by atoms with E-state index in [2.05, 4.69) is 10.3 Å². The van der Waals surface area contributed by atoms with Gasteiger partial charge in [0.1, 0.15) is 11.7 Å². The molecule has 2 aromatic rings. The van der Waals surface area contributed by atoms with Crippen LogP contribution in [-0.2, 0) is 16.1 Å². The van der Waals surface area contributed by atoms with Crippen LogP contribution in [0.2, 0.25) is 0 Å². The van der Waals surface area contributed by atoms with E-state index in [0.29, 0.717) is 18.2 Å². The molecule has 3 heterocycles. The molecule has 134 valence electrons. The summed E-state index contributed by atoms with van der Waals surface area (Å²) in [6.45, 7) is 8.02. The standard InChI is InChI=1S/C18H24N4O2S/c1-12-6-5-7-15-20-13(9-21(12)15)8-19-16(23)14-10-25-11-22(14)17(24)18(2,3)4/h5-7,9,14H,8,10-11H2,1-4H3,(H,19,23). The average molecular weight is 360 g/mol. The molecule has 0 radical (unpaired) electrons. The third-order valence-electron chi connectivity index (χ3n) is 4.28. The fourth-order valence-electron chi connectivity index (χ4n) is 2.87. The first-order valence-electron chi connectivity index (χ1n) is 8.37. The number of pyridine rings is 1. The molecule has 0 spiro atoms. The number of imidazole rings is 1. The maximum atomic E-state index is 12.6. The Morgan fingerprint density at radius 3 is 2.80 bits per heavy atom. The van der Waals surface area contributed by atoms with Crippen molar-refractivity contribution in [1.82, 2.24) is 19.6 Å². The fraction of sp³-hybridized carbons (Fsp3) is 0.500. The van der Waals surface area contributed by atoms with Gasteiger partial charge < -0.3 is 14.6 Å². The number of nitrogens with one attached hydrogen (secondary N) is 1. The highest BCUT2D eigenvalue weighted by molar-refractivity contribution is 7.99. The third kappa shape index (κ3) is 3.66. The van der Waals surface area contributed by atoms with Crippen LogP contribution in [-0.4, -0.2) is 43.8 Å². The number of rotatable bonds is 3. The summed E-state index contributed by atoms with van der Waals surface area (Å²) in [5.41, 5.74) is 2.28. The molecule has 1 atom stereocenters. The number of nitrogens with zero attached hydrogens (tertiary/aromatic N) is 3. The summed E-state index contributed by atoms with van der Waals surface area (Å²) in [4.78, 5) is 31.3. The van der Waals surface area contributed by atoms with E-state index in [-0.39, 0.29) is 11.8 Å². The van der Waals surface area contributed by atoms with Crippen molar-refractivity contribution in [2.24, 2.45) is 5.41 Å². The van der Waals surface area contributed by atoms with Crippen molar-refractivity contribution in [2.45, 2.75) is 40.3 Å². The lowest BCUT2D eigenvalue weighted by molar-refractivity contribution is -0.144. The van der Waals surface area contributed by atoms with Crippen molar-refractivity contribution in [3.63, 3.8) is 0 Å². The topological polar surface area (TPSA) is 66.7 Å². The van der Waals surface area contributed by atoms with Crippen LogP contribution in [0.3, 0.4) is 0 Å². The zero-order valence-electron chi connectivity index (χ0n) is 15.1. The maximum Gasteiger partial charge on any atom is 0.244 e. The quantitative estimate of drug-likeness (QED) is 0.911. The van der Waals surface area contributed by atoms with E-state index in [4.69, 9.17) is 0 Å². The molecule has 7 heteroatoms. The lowest BCUT2D eigenvalue weighted by Gasteiger charge is -2.29. The van der Waals surface area contributed by atoms with E-state index in [1.165, 1.54) is 0 Å². The molecular formula is C18H24N4O2S. The Morgan fingerprint density at radius 1 is 1.36 bits per heavy atom. The zero-order chi connectivity index (χ0) is 18.2. The Balaban J connectivity index is 1.67. The Kier molecular flexibility index (Phi) is 4.77. The highest BCUT2D eigenvalue weighted by atomic mass is 32.2. The van der Waals surface area contributed by atoms with Gasteiger partial charge in [-0.15, -0.1) is 11.8 Å². The average Bonchev–Trinajstić information content (AvgIpc) is 3.18. The Bertz CT molecular complexity index is 809. The van der Waals surface area contributed by atoms with Crippen LogP contribution in [0.1, 0.15) is 32.2 Å². The summed E-state index contributed by atoms with van der Waals surface area (Å²) in [7, 11) is 0. The molecule has 1 unspecified atom stereocenters. The number of carbonyl (C=O) groups excluding carboxylic acids is 2. The van der Waals surface area contributed by atoms with Crippen molar-refractivity contribution in [2.75, 3.05) is 11.6 Å². The summed E-state index contributed by atoms with van der Waals surface area (Å²) < 4.78 is 2.00. The van der Waals surface area contributed by atoms with Crippen molar-refractivity contribution in [1.29, 1.82) is 0 Å². The second-order valence-corrected chi connectivity index (χ2v) is 8.39. The van der Waals surface area contributed by atoms with Gasteiger partial charge in [0.2, 0.25) is 11.8 Å². The number of thioether (sulfide) groups is 1. The summed E-state index contributed by atoms with van der Waals surface area (Å²) in [5, 5.41) is 2.94. The predicted molar refractivity (Wildman–Crippen MR) is 99.2 cm³/mol. The number of hydrogen-bond donors (Lipinski definition) is 1. The molecule has 25 heavy (non-hydrogen) atoms. The summed E-state index contributed by atoms with van der Waals surface area (Å²) in [5.74, 6) is 1.11. The molecule has 0 saturated carbocycles. The van der Waals surface area contributed by atoms with Crippen LogP contribution in [0.4, 0.5) is 0 Å². The Labute approximate surface area is 152 Å². The van der Waals surface area contributed by atoms with Crippen LogP contribution in [0.25, 0.3) is 5.65 Å². The summed E-state index contributed by atoms with van der Waals surface area (Å²) in [6, 6.07) is 5.51. The third-order valence-corrected chi connectivity index (χ3v) is 5.29. The summed E-state index contributed by atoms with van der Waals surface area (Å²) in [6.07, 6.45) is 1.94. The molecular weight excluding hydrogens is 336 g/mol. The van der Waals surface area contributed by atoms with Gasteiger partial charge in [-0.05, 0) is 19.1 Å². The van der Waals surface area contributed by atoms with Crippen LogP contribution < -0.4 is 5.32 Å². The van der Waals surface area contributed by atoms with Gasteiger partial charge in [0.25, 0.3) is 0 Å². The normalized spacial score (nSPS) is 17.9. The number of aryl methyl sites for hydroxylation is 1. The lowest BCUT2D eigenvalue weighted by Crippen LogP contribution is -2.50. The van der Waals surface area contributed by atoms with Crippen LogP contribution in [0, 0.1) is 12.3 Å².